The van der Waals surface area contributed by atoms with E-state index < -0.39 is 17.3 Å². The van der Waals surface area contributed by atoms with Crippen LogP contribution < -0.4 is 4.90 Å². The standard InChI is InChI=1S/C26H25ClF3N7/c1-25(14-26(29,30)15-25)36-12-17-10-18(27)2-4-21(17)37-23(13-36)33-34-24(37)16-6-8-35(9-7-16)22-5-3-19(28)20(11-31)32-22/h2-5,10,16H,6-9,12-15H2,1H3. The van der Waals surface area contributed by atoms with Crippen molar-refractivity contribution in [1.29, 1.82) is 5.26 Å². The molecule has 0 bridgehead atoms. The number of halogens is 4. The van der Waals surface area contributed by atoms with E-state index in [1.807, 2.05) is 30.0 Å². The van der Waals surface area contributed by atoms with Gasteiger partial charge in [0.25, 0.3) is 5.92 Å². The van der Waals surface area contributed by atoms with Gasteiger partial charge in [-0.15, -0.1) is 10.2 Å². The minimum Gasteiger partial charge on any atom is -0.357 e. The number of fused-ring (bicyclic) bond motifs is 3. The maximum atomic E-state index is 13.9. The second-order valence-corrected chi connectivity index (χ2v) is 11.0. The maximum absolute atomic E-state index is 13.9. The van der Waals surface area contributed by atoms with Crippen molar-refractivity contribution in [3.8, 4) is 11.8 Å². The molecule has 2 aliphatic heterocycles. The number of hydrogen-bond acceptors (Lipinski definition) is 6. The molecule has 11 heteroatoms. The Morgan fingerprint density at radius 1 is 1.08 bits per heavy atom. The van der Waals surface area contributed by atoms with Gasteiger partial charge in [0.05, 0.1) is 12.2 Å². The summed E-state index contributed by atoms with van der Waals surface area (Å²) >= 11 is 6.35. The molecule has 0 amide bonds. The molecule has 0 N–H and O–H groups in total. The number of alkyl halides is 2. The minimum absolute atomic E-state index is 0.118. The highest BCUT2D eigenvalue weighted by atomic mass is 35.5. The molecule has 7 nitrogen and oxygen atoms in total. The third-order valence-corrected chi connectivity index (χ3v) is 8.13. The third-order valence-electron chi connectivity index (χ3n) is 7.89. The van der Waals surface area contributed by atoms with Crippen LogP contribution in [-0.2, 0) is 13.1 Å². The number of pyridine rings is 1. The molecule has 1 saturated carbocycles. The molecule has 37 heavy (non-hydrogen) atoms. The Kier molecular flexibility index (Phi) is 5.69. The summed E-state index contributed by atoms with van der Waals surface area (Å²) < 4.78 is 43.6. The number of anilines is 1. The van der Waals surface area contributed by atoms with Gasteiger partial charge in [-0.05, 0) is 55.7 Å². The lowest BCUT2D eigenvalue weighted by atomic mass is 9.73. The number of hydrogen-bond donors (Lipinski definition) is 0. The molecule has 6 rings (SSSR count). The summed E-state index contributed by atoms with van der Waals surface area (Å²) in [6.07, 6.45) is 1.19. The number of rotatable bonds is 3. The van der Waals surface area contributed by atoms with Crippen molar-refractivity contribution in [2.24, 2.45) is 0 Å². The summed E-state index contributed by atoms with van der Waals surface area (Å²) in [5.74, 6) is -0.995. The molecule has 2 fully saturated rings. The van der Waals surface area contributed by atoms with Gasteiger partial charge in [-0.3, -0.25) is 9.47 Å². The van der Waals surface area contributed by atoms with E-state index in [1.54, 1.807) is 12.1 Å². The zero-order valence-corrected chi connectivity index (χ0v) is 21.0. The Bertz CT molecular complexity index is 1400. The summed E-state index contributed by atoms with van der Waals surface area (Å²) in [5, 5.41) is 18.8. The molecule has 2 aromatic heterocycles. The van der Waals surface area contributed by atoms with E-state index in [1.165, 1.54) is 6.07 Å². The van der Waals surface area contributed by atoms with Gasteiger partial charge in [0.15, 0.2) is 17.3 Å². The molecule has 0 radical (unpaired) electrons. The van der Waals surface area contributed by atoms with Crippen LogP contribution in [0, 0.1) is 17.1 Å². The summed E-state index contributed by atoms with van der Waals surface area (Å²) in [6, 6.07) is 10.4. The van der Waals surface area contributed by atoms with E-state index in [2.05, 4.69) is 24.6 Å². The molecule has 0 unspecified atom stereocenters. The van der Waals surface area contributed by atoms with E-state index in [-0.39, 0.29) is 24.5 Å². The van der Waals surface area contributed by atoms with Crippen molar-refractivity contribution in [2.45, 2.75) is 63.1 Å². The van der Waals surface area contributed by atoms with Crippen molar-refractivity contribution < 1.29 is 13.2 Å². The molecular weight excluding hydrogens is 503 g/mol. The minimum atomic E-state index is -2.64. The van der Waals surface area contributed by atoms with E-state index in [0.29, 0.717) is 37.0 Å². The number of benzene rings is 1. The molecule has 1 saturated heterocycles. The van der Waals surface area contributed by atoms with Crippen molar-refractivity contribution >= 4 is 17.4 Å². The topological polar surface area (TPSA) is 73.9 Å². The molecule has 1 aliphatic carbocycles. The maximum Gasteiger partial charge on any atom is 0.251 e. The van der Waals surface area contributed by atoms with Crippen LogP contribution in [0.4, 0.5) is 19.0 Å². The molecule has 0 spiro atoms. The lowest BCUT2D eigenvalue weighted by molar-refractivity contribution is -0.173. The SMILES string of the molecule is CC1(N2Cc3cc(Cl)ccc3-n3c(nnc3C3CCN(c4ccc(F)c(C#N)n4)CC3)C2)CC(F)(F)C1. The van der Waals surface area contributed by atoms with Gasteiger partial charge in [-0.1, -0.05) is 11.6 Å². The smallest absolute Gasteiger partial charge is 0.251 e. The lowest BCUT2D eigenvalue weighted by Gasteiger charge is -2.51. The number of nitrogens with zero attached hydrogens (tertiary/aromatic N) is 7. The average molecular weight is 528 g/mol. The van der Waals surface area contributed by atoms with E-state index in [9.17, 15) is 13.2 Å². The highest BCUT2D eigenvalue weighted by molar-refractivity contribution is 6.30. The van der Waals surface area contributed by atoms with Crippen LogP contribution in [0.15, 0.2) is 30.3 Å². The van der Waals surface area contributed by atoms with Crippen LogP contribution in [-0.4, -0.2) is 49.2 Å². The fourth-order valence-corrected chi connectivity index (χ4v) is 6.21. The number of nitriles is 1. The Labute approximate surface area is 217 Å². The van der Waals surface area contributed by atoms with Crippen molar-refractivity contribution in [1.82, 2.24) is 24.6 Å². The lowest BCUT2D eigenvalue weighted by Crippen LogP contribution is -2.59. The predicted octanol–water partition coefficient (Wildman–Crippen LogP) is 5.21. The fraction of sp³-hybridized carbons (Fsp3) is 0.462. The Balaban J connectivity index is 1.29. The first kappa shape index (κ1) is 24.2. The summed E-state index contributed by atoms with van der Waals surface area (Å²) in [4.78, 5) is 8.28. The van der Waals surface area contributed by atoms with Crippen molar-refractivity contribution in [2.75, 3.05) is 18.0 Å². The Morgan fingerprint density at radius 2 is 1.84 bits per heavy atom. The third kappa shape index (κ3) is 4.24. The van der Waals surface area contributed by atoms with Crippen LogP contribution >= 0.6 is 11.6 Å². The fourth-order valence-electron chi connectivity index (χ4n) is 6.01. The van der Waals surface area contributed by atoms with Crippen LogP contribution in [0.5, 0.6) is 0 Å². The summed E-state index contributed by atoms with van der Waals surface area (Å²) in [6.45, 7) is 4.15. The number of piperidine rings is 1. The van der Waals surface area contributed by atoms with Gasteiger partial charge in [0.2, 0.25) is 0 Å². The first-order valence-corrected chi connectivity index (χ1v) is 12.7. The van der Waals surface area contributed by atoms with Gasteiger partial charge in [0, 0.05) is 49.0 Å². The molecule has 4 heterocycles. The second kappa shape index (κ2) is 8.71. The Hall–Kier alpha value is -3.16. The molecular formula is C26H25ClF3N7. The molecule has 3 aliphatic rings. The summed E-state index contributed by atoms with van der Waals surface area (Å²) in [5.41, 5.74) is 1.05. The monoisotopic (exact) mass is 527 g/mol. The van der Waals surface area contributed by atoms with Crippen LogP contribution in [0.25, 0.3) is 5.69 Å². The van der Waals surface area contributed by atoms with E-state index >= 15 is 0 Å². The van der Waals surface area contributed by atoms with E-state index in [4.69, 9.17) is 16.9 Å². The molecule has 3 aromatic rings. The normalized spacial score (nSPS) is 20.9. The quantitative estimate of drug-likeness (QED) is 0.465. The predicted molar refractivity (Wildman–Crippen MR) is 131 cm³/mol. The second-order valence-electron chi connectivity index (χ2n) is 10.5. The molecule has 0 atom stereocenters. The largest absolute Gasteiger partial charge is 0.357 e. The van der Waals surface area contributed by atoms with Gasteiger partial charge in [-0.25, -0.2) is 18.2 Å². The molecule has 192 valence electrons. The van der Waals surface area contributed by atoms with Crippen LogP contribution in [0.1, 0.15) is 61.4 Å². The van der Waals surface area contributed by atoms with Crippen molar-refractivity contribution in [3.05, 3.63) is 64.1 Å². The molecule has 1 aromatic carbocycles. The highest BCUT2D eigenvalue weighted by Gasteiger charge is 2.57. The first-order chi connectivity index (χ1) is 17.7. The van der Waals surface area contributed by atoms with Crippen LogP contribution in [0.2, 0.25) is 5.02 Å². The van der Waals surface area contributed by atoms with E-state index in [0.717, 1.165) is 35.7 Å². The zero-order valence-electron chi connectivity index (χ0n) is 20.3. The average Bonchev–Trinajstić information content (AvgIpc) is 3.18. The summed E-state index contributed by atoms with van der Waals surface area (Å²) in [7, 11) is 0. The van der Waals surface area contributed by atoms with Crippen LogP contribution in [0.3, 0.4) is 0 Å². The Morgan fingerprint density at radius 3 is 2.54 bits per heavy atom. The first-order valence-electron chi connectivity index (χ1n) is 12.3. The van der Waals surface area contributed by atoms with Gasteiger partial charge in [-0.2, -0.15) is 5.26 Å². The highest BCUT2D eigenvalue weighted by Crippen LogP contribution is 2.50. The van der Waals surface area contributed by atoms with Crippen molar-refractivity contribution in [3.63, 3.8) is 0 Å². The van der Waals surface area contributed by atoms with Gasteiger partial charge in [0.1, 0.15) is 17.7 Å². The van der Waals surface area contributed by atoms with Gasteiger partial charge < -0.3 is 4.90 Å². The zero-order chi connectivity index (χ0) is 25.9. The van der Waals surface area contributed by atoms with Gasteiger partial charge >= 0.3 is 0 Å². The number of aromatic nitrogens is 4.